The lowest BCUT2D eigenvalue weighted by atomic mass is 9.92. The van der Waals surface area contributed by atoms with Crippen molar-refractivity contribution in [2.24, 2.45) is 7.05 Å². The number of aryl methyl sites for hydroxylation is 1. The minimum atomic E-state index is -1.71. The third-order valence-electron chi connectivity index (χ3n) is 5.32. The highest BCUT2D eigenvalue weighted by atomic mass is 79.9. The summed E-state index contributed by atoms with van der Waals surface area (Å²) in [6.07, 6.45) is 5.97. The highest BCUT2D eigenvalue weighted by Crippen LogP contribution is 2.40. The fourth-order valence-corrected chi connectivity index (χ4v) is 5.12. The number of halogens is 1. The Morgan fingerprint density at radius 2 is 1.67 bits per heavy atom. The normalized spacial score (nSPS) is 16.5. The molecule has 1 aliphatic rings. The second-order valence-corrected chi connectivity index (χ2v) is 9.11. The minimum Gasteiger partial charge on any atom is -0.385 e. The SMILES string of the molecule is Cn1cc([C@H]2c3ccccc3C=CN2[S@@](=O)Oc2ccc(Br)cc2)c2ccccc21. The van der Waals surface area contributed by atoms with Crippen LogP contribution in [0.2, 0.25) is 0 Å². The molecule has 1 aromatic heterocycles. The Balaban J connectivity index is 1.61. The van der Waals surface area contributed by atoms with Crippen molar-refractivity contribution in [2.45, 2.75) is 6.04 Å². The molecule has 0 aliphatic carbocycles. The van der Waals surface area contributed by atoms with Crippen LogP contribution in [0.4, 0.5) is 0 Å². The van der Waals surface area contributed by atoms with Gasteiger partial charge in [-0.15, -0.1) is 0 Å². The zero-order valence-corrected chi connectivity index (χ0v) is 18.6. The smallest absolute Gasteiger partial charge is 0.319 e. The first-order chi connectivity index (χ1) is 14.6. The standard InChI is InChI=1S/C24H19BrN2O2S/c1-26-16-22(21-8-4-5-9-23(21)26)24-20-7-3-2-6-17(20)14-15-27(24)30(28)29-19-12-10-18(25)11-13-19/h2-16,24H,1H3/t24-,30+/m1/s1. The molecule has 0 saturated carbocycles. The van der Waals surface area contributed by atoms with E-state index in [1.165, 1.54) is 0 Å². The van der Waals surface area contributed by atoms with Gasteiger partial charge in [-0.1, -0.05) is 58.4 Å². The molecule has 0 bridgehead atoms. The fourth-order valence-electron chi connectivity index (χ4n) is 3.94. The Kier molecular flexibility index (Phi) is 4.97. The van der Waals surface area contributed by atoms with Crippen LogP contribution in [0.3, 0.4) is 0 Å². The van der Waals surface area contributed by atoms with Gasteiger partial charge in [-0.2, -0.15) is 4.21 Å². The van der Waals surface area contributed by atoms with E-state index in [1.54, 1.807) is 16.4 Å². The summed E-state index contributed by atoms with van der Waals surface area (Å²) >= 11 is 1.70. The van der Waals surface area contributed by atoms with Crippen LogP contribution in [0.1, 0.15) is 22.7 Å². The minimum absolute atomic E-state index is 0.228. The summed E-state index contributed by atoms with van der Waals surface area (Å²) in [5, 5.41) is 1.14. The zero-order chi connectivity index (χ0) is 20.7. The quantitative estimate of drug-likeness (QED) is 0.361. The first-order valence-corrected chi connectivity index (χ1v) is 11.4. The maximum Gasteiger partial charge on any atom is 0.319 e. The molecule has 150 valence electrons. The highest BCUT2D eigenvalue weighted by Gasteiger charge is 2.32. The molecule has 0 unspecified atom stereocenters. The molecule has 1 aliphatic heterocycles. The lowest BCUT2D eigenvalue weighted by Gasteiger charge is -2.32. The van der Waals surface area contributed by atoms with Crippen molar-refractivity contribution in [3.8, 4) is 5.75 Å². The van der Waals surface area contributed by atoms with Crippen molar-refractivity contribution in [1.82, 2.24) is 8.87 Å². The van der Waals surface area contributed by atoms with Crippen molar-refractivity contribution < 1.29 is 8.39 Å². The number of hydrogen-bond acceptors (Lipinski definition) is 2. The number of rotatable bonds is 4. The number of benzene rings is 3. The van der Waals surface area contributed by atoms with E-state index in [1.807, 2.05) is 55.7 Å². The molecule has 0 spiro atoms. The molecule has 0 fully saturated rings. The van der Waals surface area contributed by atoms with Crippen LogP contribution in [0.25, 0.3) is 17.0 Å². The van der Waals surface area contributed by atoms with Gasteiger partial charge in [0.15, 0.2) is 0 Å². The number of para-hydroxylation sites is 1. The van der Waals surface area contributed by atoms with Gasteiger partial charge in [0.1, 0.15) is 5.75 Å². The maximum absolute atomic E-state index is 13.3. The topological polar surface area (TPSA) is 34.5 Å². The average Bonchev–Trinajstić information content (AvgIpc) is 3.11. The number of nitrogens with zero attached hydrogens (tertiary/aromatic N) is 2. The molecule has 5 rings (SSSR count). The summed E-state index contributed by atoms with van der Waals surface area (Å²) in [6, 6.07) is 23.6. The molecule has 0 amide bonds. The van der Waals surface area contributed by atoms with Crippen LogP contribution in [-0.2, 0) is 18.3 Å². The van der Waals surface area contributed by atoms with Crippen LogP contribution < -0.4 is 4.18 Å². The van der Waals surface area contributed by atoms with Crippen molar-refractivity contribution in [1.29, 1.82) is 0 Å². The molecule has 2 atom stereocenters. The van der Waals surface area contributed by atoms with E-state index in [2.05, 4.69) is 51.0 Å². The van der Waals surface area contributed by atoms with E-state index in [9.17, 15) is 4.21 Å². The summed E-state index contributed by atoms with van der Waals surface area (Å²) in [5.74, 6) is 0.556. The molecular formula is C24H19BrN2O2S. The van der Waals surface area contributed by atoms with E-state index in [-0.39, 0.29) is 6.04 Å². The highest BCUT2D eigenvalue weighted by molar-refractivity contribution is 9.10. The second-order valence-electron chi connectivity index (χ2n) is 7.17. The molecule has 4 aromatic rings. The van der Waals surface area contributed by atoms with Gasteiger partial charge in [0.25, 0.3) is 0 Å². The first-order valence-electron chi connectivity index (χ1n) is 9.57. The maximum atomic E-state index is 13.3. The molecule has 0 saturated heterocycles. The van der Waals surface area contributed by atoms with Gasteiger partial charge in [-0.05, 0) is 47.5 Å². The molecule has 4 nitrogen and oxygen atoms in total. The first kappa shape index (κ1) is 19.2. The monoisotopic (exact) mass is 478 g/mol. The van der Waals surface area contributed by atoms with Crippen LogP contribution >= 0.6 is 15.9 Å². The molecular weight excluding hydrogens is 460 g/mol. The largest absolute Gasteiger partial charge is 0.385 e. The van der Waals surface area contributed by atoms with E-state index < -0.39 is 11.3 Å². The molecule has 6 heteroatoms. The molecule has 0 N–H and O–H groups in total. The third kappa shape index (κ3) is 3.36. The van der Waals surface area contributed by atoms with Gasteiger partial charge in [0, 0.05) is 40.4 Å². The van der Waals surface area contributed by atoms with Gasteiger partial charge in [-0.3, -0.25) is 4.31 Å². The third-order valence-corrected chi connectivity index (χ3v) is 6.86. The Morgan fingerprint density at radius 3 is 2.50 bits per heavy atom. The van der Waals surface area contributed by atoms with Crippen molar-refractivity contribution in [2.75, 3.05) is 0 Å². The predicted molar refractivity (Wildman–Crippen MR) is 125 cm³/mol. The van der Waals surface area contributed by atoms with Gasteiger partial charge in [-0.25, -0.2) is 0 Å². The number of fused-ring (bicyclic) bond motifs is 2. The van der Waals surface area contributed by atoms with E-state index >= 15 is 0 Å². The van der Waals surface area contributed by atoms with Crippen molar-refractivity contribution in [3.05, 3.63) is 106 Å². The van der Waals surface area contributed by atoms with Crippen molar-refractivity contribution in [3.63, 3.8) is 0 Å². The fraction of sp³-hybridized carbons (Fsp3) is 0.0833. The second kappa shape index (κ2) is 7.78. The summed E-state index contributed by atoms with van der Waals surface area (Å²) in [7, 11) is 2.04. The molecule has 2 heterocycles. The summed E-state index contributed by atoms with van der Waals surface area (Å²) in [5.41, 5.74) is 4.45. The van der Waals surface area contributed by atoms with Gasteiger partial charge in [0.05, 0.1) is 6.04 Å². The van der Waals surface area contributed by atoms with Crippen LogP contribution in [0, 0.1) is 0 Å². The average molecular weight is 479 g/mol. The number of hydrogen-bond donors (Lipinski definition) is 0. The van der Waals surface area contributed by atoms with Gasteiger partial charge < -0.3 is 8.75 Å². The Bertz CT molecular complexity index is 1280. The summed E-state index contributed by atoms with van der Waals surface area (Å²) in [6.45, 7) is 0. The lowest BCUT2D eigenvalue weighted by molar-refractivity contribution is 0.433. The summed E-state index contributed by atoms with van der Waals surface area (Å²) < 4.78 is 24.0. The van der Waals surface area contributed by atoms with E-state index in [4.69, 9.17) is 4.18 Å². The van der Waals surface area contributed by atoms with Gasteiger partial charge in [0.2, 0.25) is 0 Å². The molecule has 3 aromatic carbocycles. The molecule has 30 heavy (non-hydrogen) atoms. The van der Waals surface area contributed by atoms with Gasteiger partial charge >= 0.3 is 11.3 Å². The van der Waals surface area contributed by atoms with E-state index in [0.717, 1.165) is 32.1 Å². The Hall–Kier alpha value is -2.83. The van der Waals surface area contributed by atoms with Crippen LogP contribution in [0.5, 0.6) is 5.75 Å². The van der Waals surface area contributed by atoms with Crippen molar-refractivity contribution >= 4 is 44.2 Å². The summed E-state index contributed by atoms with van der Waals surface area (Å²) in [4.78, 5) is 0. The Morgan fingerprint density at radius 1 is 0.933 bits per heavy atom. The predicted octanol–water partition coefficient (Wildman–Crippen LogP) is 5.97. The van der Waals surface area contributed by atoms with Crippen LogP contribution in [-0.4, -0.2) is 13.1 Å². The molecule has 0 radical (unpaired) electrons. The van der Waals surface area contributed by atoms with Crippen LogP contribution in [0.15, 0.2) is 89.7 Å². The zero-order valence-electron chi connectivity index (χ0n) is 16.2. The number of aromatic nitrogens is 1. The Labute approximate surface area is 186 Å². The lowest BCUT2D eigenvalue weighted by Crippen LogP contribution is -2.31. The van der Waals surface area contributed by atoms with E-state index in [0.29, 0.717) is 5.75 Å².